The number of nitrogens with zero attached hydrogens (tertiary/aromatic N) is 5. The minimum absolute atomic E-state index is 0.194. The summed E-state index contributed by atoms with van der Waals surface area (Å²) in [6, 6.07) is 0. The highest BCUT2D eigenvalue weighted by atomic mass is 32.1. The number of nitrogens with one attached hydrogen (secondary N) is 1. The van der Waals surface area contributed by atoms with Gasteiger partial charge in [-0.05, 0) is 40.2 Å². The van der Waals surface area contributed by atoms with Gasteiger partial charge in [-0.3, -0.25) is 19.8 Å². The summed E-state index contributed by atoms with van der Waals surface area (Å²) in [6.07, 6.45) is 0.388. The van der Waals surface area contributed by atoms with Crippen molar-refractivity contribution in [2.75, 3.05) is 18.4 Å². The Labute approximate surface area is 200 Å². The van der Waals surface area contributed by atoms with Crippen molar-refractivity contribution >= 4 is 33.7 Å². The number of amides is 1. The van der Waals surface area contributed by atoms with Crippen LogP contribution in [0.1, 0.15) is 46.2 Å². The van der Waals surface area contributed by atoms with Crippen LogP contribution in [0, 0.1) is 20.8 Å². The van der Waals surface area contributed by atoms with Crippen molar-refractivity contribution in [3.8, 4) is 10.6 Å². The Morgan fingerprint density at radius 1 is 1.18 bits per heavy atom. The molecule has 0 radical (unpaired) electrons. The van der Waals surface area contributed by atoms with E-state index in [9.17, 15) is 9.59 Å². The SMILES string of the molecule is Cc1nc(-c2c(C)c(C)nn(C)c2=O)sc1C(=O)Nc1nc(CN2CC(C)OC(C)C2)cs1. The van der Waals surface area contributed by atoms with E-state index in [1.807, 2.05) is 19.2 Å². The smallest absolute Gasteiger partial charge is 0.277 e. The van der Waals surface area contributed by atoms with Gasteiger partial charge in [0.1, 0.15) is 9.88 Å². The van der Waals surface area contributed by atoms with Gasteiger partial charge in [0.25, 0.3) is 11.5 Å². The summed E-state index contributed by atoms with van der Waals surface area (Å²) in [6.45, 7) is 12.1. The Morgan fingerprint density at radius 2 is 1.88 bits per heavy atom. The standard InChI is InChI=1S/C22H28N6O3S2/c1-11-7-28(8-12(2)31-11)9-16-10-32-22(24-16)25-19(29)18-15(5)23-20(33-18)17-13(3)14(4)26-27(6)21(17)30/h10-12H,7-9H2,1-6H3,(H,24,25,29). The molecule has 0 bridgehead atoms. The zero-order valence-corrected chi connectivity index (χ0v) is 21.3. The van der Waals surface area contributed by atoms with Crippen LogP contribution in [0.5, 0.6) is 0 Å². The summed E-state index contributed by atoms with van der Waals surface area (Å²) >= 11 is 2.61. The van der Waals surface area contributed by atoms with Gasteiger partial charge in [-0.15, -0.1) is 22.7 Å². The van der Waals surface area contributed by atoms with E-state index < -0.39 is 0 Å². The Kier molecular flexibility index (Phi) is 6.76. The number of carbonyl (C=O) groups is 1. The molecule has 2 unspecified atom stereocenters. The van der Waals surface area contributed by atoms with Crippen LogP contribution < -0.4 is 10.9 Å². The topological polar surface area (TPSA) is 102 Å². The summed E-state index contributed by atoms with van der Waals surface area (Å²) < 4.78 is 7.09. The van der Waals surface area contributed by atoms with Crippen molar-refractivity contribution in [3.63, 3.8) is 0 Å². The first-order chi connectivity index (χ1) is 15.6. The van der Waals surface area contributed by atoms with Gasteiger partial charge >= 0.3 is 0 Å². The van der Waals surface area contributed by atoms with Gasteiger partial charge in [0.2, 0.25) is 0 Å². The highest BCUT2D eigenvalue weighted by Gasteiger charge is 2.24. The van der Waals surface area contributed by atoms with Crippen LogP contribution in [0.2, 0.25) is 0 Å². The van der Waals surface area contributed by atoms with Gasteiger partial charge in [0, 0.05) is 32.1 Å². The van der Waals surface area contributed by atoms with E-state index in [1.54, 1.807) is 14.0 Å². The highest BCUT2D eigenvalue weighted by Crippen LogP contribution is 2.29. The average Bonchev–Trinajstić information content (AvgIpc) is 3.32. The lowest BCUT2D eigenvalue weighted by Gasteiger charge is -2.34. The lowest BCUT2D eigenvalue weighted by atomic mass is 10.1. The molecule has 3 aromatic heterocycles. The highest BCUT2D eigenvalue weighted by molar-refractivity contribution is 7.17. The number of thiazole rings is 2. The molecule has 1 aliphatic heterocycles. The normalized spacial score (nSPS) is 19.1. The molecule has 1 aliphatic rings. The van der Waals surface area contributed by atoms with Crippen LogP contribution in [-0.2, 0) is 18.3 Å². The summed E-state index contributed by atoms with van der Waals surface area (Å²) in [5, 5.41) is 10.1. The van der Waals surface area contributed by atoms with Crippen molar-refractivity contribution in [1.29, 1.82) is 0 Å². The van der Waals surface area contributed by atoms with Gasteiger partial charge in [-0.25, -0.2) is 14.6 Å². The molecule has 3 aromatic rings. The van der Waals surface area contributed by atoms with Crippen LogP contribution in [-0.4, -0.2) is 55.9 Å². The minimum atomic E-state index is -0.272. The van der Waals surface area contributed by atoms with Gasteiger partial charge in [-0.2, -0.15) is 5.10 Å². The van der Waals surface area contributed by atoms with E-state index in [-0.39, 0.29) is 23.7 Å². The quantitative estimate of drug-likeness (QED) is 0.589. The van der Waals surface area contributed by atoms with E-state index in [2.05, 4.69) is 39.1 Å². The lowest BCUT2D eigenvalue weighted by molar-refractivity contribution is -0.0707. The number of aryl methyl sites for hydroxylation is 3. The second-order valence-electron chi connectivity index (χ2n) is 8.50. The molecule has 1 fully saturated rings. The fraction of sp³-hybridized carbons (Fsp3) is 0.500. The maximum Gasteiger partial charge on any atom is 0.277 e. The third-order valence-corrected chi connectivity index (χ3v) is 7.58. The first-order valence-corrected chi connectivity index (χ1v) is 12.5. The number of aromatic nitrogens is 4. The number of anilines is 1. The molecule has 33 heavy (non-hydrogen) atoms. The van der Waals surface area contributed by atoms with E-state index in [4.69, 9.17) is 4.74 Å². The second kappa shape index (κ2) is 9.41. The molecule has 11 heteroatoms. The van der Waals surface area contributed by atoms with Crippen LogP contribution in [0.3, 0.4) is 0 Å². The Bertz CT molecular complexity index is 1240. The lowest BCUT2D eigenvalue weighted by Crippen LogP contribution is -2.44. The molecule has 0 saturated carbocycles. The number of morpholine rings is 1. The van der Waals surface area contributed by atoms with Gasteiger partial charge in [0.05, 0.1) is 34.9 Å². The number of ether oxygens (including phenoxy) is 1. The first-order valence-electron chi connectivity index (χ1n) is 10.8. The third-order valence-electron chi connectivity index (χ3n) is 5.60. The maximum absolute atomic E-state index is 13.0. The van der Waals surface area contributed by atoms with Crippen molar-refractivity contribution in [3.05, 3.63) is 43.3 Å². The number of hydrogen-bond donors (Lipinski definition) is 1. The van der Waals surface area contributed by atoms with Crippen molar-refractivity contribution < 1.29 is 9.53 Å². The molecule has 2 atom stereocenters. The molecular weight excluding hydrogens is 460 g/mol. The molecule has 9 nitrogen and oxygen atoms in total. The van der Waals surface area contributed by atoms with E-state index in [0.29, 0.717) is 26.3 Å². The van der Waals surface area contributed by atoms with Crippen molar-refractivity contribution in [1.82, 2.24) is 24.6 Å². The van der Waals surface area contributed by atoms with Crippen molar-refractivity contribution in [2.45, 2.75) is 53.4 Å². The van der Waals surface area contributed by atoms with Gasteiger partial charge in [-0.1, -0.05) is 0 Å². The van der Waals surface area contributed by atoms with Crippen LogP contribution in [0.15, 0.2) is 10.2 Å². The maximum atomic E-state index is 13.0. The molecule has 1 N–H and O–H groups in total. The molecule has 0 aliphatic carbocycles. The fourth-order valence-corrected chi connectivity index (χ4v) is 5.80. The van der Waals surface area contributed by atoms with Gasteiger partial charge in [0.15, 0.2) is 5.13 Å². The number of carbonyl (C=O) groups excluding carboxylic acids is 1. The van der Waals surface area contributed by atoms with Crippen LogP contribution >= 0.6 is 22.7 Å². The largest absolute Gasteiger partial charge is 0.373 e. The molecular formula is C22H28N6O3S2. The monoisotopic (exact) mass is 488 g/mol. The van der Waals surface area contributed by atoms with Crippen LogP contribution in [0.4, 0.5) is 5.13 Å². The third kappa shape index (κ3) is 5.06. The average molecular weight is 489 g/mol. The zero-order chi connectivity index (χ0) is 23.9. The Balaban J connectivity index is 1.50. The molecule has 1 saturated heterocycles. The van der Waals surface area contributed by atoms with E-state index in [1.165, 1.54) is 27.4 Å². The predicted octanol–water partition coefficient (Wildman–Crippen LogP) is 3.15. The molecule has 0 spiro atoms. The zero-order valence-electron chi connectivity index (χ0n) is 19.6. The van der Waals surface area contributed by atoms with Crippen molar-refractivity contribution in [2.24, 2.45) is 7.05 Å². The molecule has 4 rings (SSSR count). The summed E-state index contributed by atoms with van der Waals surface area (Å²) in [5.74, 6) is -0.272. The van der Waals surface area contributed by atoms with E-state index >= 15 is 0 Å². The molecule has 4 heterocycles. The fourth-order valence-electron chi connectivity index (χ4n) is 4.05. The first kappa shape index (κ1) is 23.7. The molecule has 176 valence electrons. The van der Waals surface area contributed by atoms with Crippen LogP contribution in [0.25, 0.3) is 10.6 Å². The molecule has 1 amide bonds. The summed E-state index contributed by atoms with van der Waals surface area (Å²) in [4.78, 5) is 37.6. The number of hydrogen-bond acceptors (Lipinski definition) is 9. The van der Waals surface area contributed by atoms with E-state index in [0.717, 1.165) is 36.6 Å². The molecule has 0 aromatic carbocycles. The second-order valence-corrected chi connectivity index (χ2v) is 10.4. The minimum Gasteiger partial charge on any atom is -0.373 e. The summed E-state index contributed by atoms with van der Waals surface area (Å²) in [7, 11) is 1.62. The Hall–Kier alpha value is -2.47. The number of rotatable bonds is 5. The Morgan fingerprint density at radius 3 is 2.58 bits per heavy atom. The predicted molar refractivity (Wildman–Crippen MR) is 130 cm³/mol. The summed E-state index contributed by atoms with van der Waals surface area (Å²) in [5.41, 5.74) is 3.29. The van der Waals surface area contributed by atoms with Gasteiger partial charge < -0.3 is 4.74 Å².